The summed E-state index contributed by atoms with van der Waals surface area (Å²) in [5.74, 6) is -2.35. The fourth-order valence-corrected chi connectivity index (χ4v) is 3.96. The Balaban J connectivity index is 1.35. The predicted octanol–water partition coefficient (Wildman–Crippen LogP) is 3.08. The molecule has 0 aromatic heterocycles. The number of benzene rings is 2. The summed E-state index contributed by atoms with van der Waals surface area (Å²) < 4.78 is 37.1. The van der Waals surface area contributed by atoms with Gasteiger partial charge in [0.15, 0.2) is 6.10 Å². The number of ether oxygens (including phenoxy) is 2. The minimum absolute atomic E-state index is 0.174. The molecule has 0 saturated carbocycles. The molecule has 1 unspecified atom stereocenters. The van der Waals surface area contributed by atoms with Crippen LogP contribution in [0, 0.1) is 17.6 Å². The van der Waals surface area contributed by atoms with Crippen molar-refractivity contribution in [3.63, 3.8) is 0 Å². The molecule has 0 spiro atoms. The predicted molar refractivity (Wildman–Crippen MR) is 116 cm³/mol. The van der Waals surface area contributed by atoms with Crippen LogP contribution in [0.2, 0.25) is 0 Å². The molecule has 2 aliphatic heterocycles. The van der Waals surface area contributed by atoms with Crippen LogP contribution in [0.3, 0.4) is 0 Å². The van der Waals surface area contributed by atoms with Gasteiger partial charge in [-0.05, 0) is 43.2 Å². The molecule has 2 heterocycles. The lowest BCUT2D eigenvalue weighted by molar-refractivity contribution is -0.145. The quantitative estimate of drug-likeness (QED) is 0.667. The number of fused-ring (bicyclic) bond motifs is 1. The topological polar surface area (TPSA) is 97.0 Å². The minimum Gasteiger partial charge on any atom is -0.478 e. The Morgan fingerprint density at radius 1 is 1.15 bits per heavy atom. The summed E-state index contributed by atoms with van der Waals surface area (Å²) >= 11 is 0. The van der Waals surface area contributed by atoms with Gasteiger partial charge >= 0.3 is 5.97 Å². The molecule has 1 atom stereocenters. The highest BCUT2D eigenvalue weighted by Crippen LogP contribution is 2.33. The summed E-state index contributed by atoms with van der Waals surface area (Å²) in [5.41, 5.74) is 1.34. The van der Waals surface area contributed by atoms with Crippen molar-refractivity contribution < 1.29 is 32.6 Å². The second-order valence-corrected chi connectivity index (χ2v) is 7.97. The zero-order valence-electron chi connectivity index (χ0n) is 17.9. The van der Waals surface area contributed by atoms with Crippen molar-refractivity contribution in [2.75, 3.05) is 35.7 Å². The van der Waals surface area contributed by atoms with Crippen LogP contribution in [0.15, 0.2) is 36.4 Å². The highest BCUT2D eigenvalue weighted by atomic mass is 19.1. The monoisotopic (exact) mass is 459 g/mol. The summed E-state index contributed by atoms with van der Waals surface area (Å²) in [4.78, 5) is 38.2. The van der Waals surface area contributed by atoms with E-state index in [0.29, 0.717) is 48.7 Å². The van der Waals surface area contributed by atoms with E-state index in [1.807, 2.05) is 4.90 Å². The van der Waals surface area contributed by atoms with Gasteiger partial charge in [-0.1, -0.05) is 0 Å². The average molecular weight is 459 g/mol. The zero-order valence-corrected chi connectivity index (χ0v) is 17.9. The molecule has 33 heavy (non-hydrogen) atoms. The normalized spacial score (nSPS) is 18.1. The number of anilines is 3. The lowest BCUT2D eigenvalue weighted by Gasteiger charge is -2.33. The van der Waals surface area contributed by atoms with Gasteiger partial charge in [-0.3, -0.25) is 14.4 Å². The molecule has 2 amide bonds. The number of nitrogens with one attached hydrogen (secondary N) is 2. The maximum Gasteiger partial charge on any atom is 0.309 e. The van der Waals surface area contributed by atoms with Crippen LogP contribution in [0.4, 0.5) is 25.8 Å². The van der Waals surface area contributed by atoms with Crippen molar-refractivity contribution >= 4 is 34.8 Å². The molecule has 0 aliphatic carbocycles. The molecule has 1 saturated heterocycles. The molecule has 0 bridgehead atoms. The molecule has 10 heteroatoms. The maximum absolute atomic E-state index is 13.5. The van der Waals surface area contributed by atoms with E-state index in [4.69, 9.17) is 4.74 Å². The fourth-order valence-electron chi connectivity index (χ4n) is 3.96. The van der Waals surface area contributed by atoms with Crippen LogP contribution >= 0.6 is 0 Å². The second-order valence-electron chi connectivity index (χ2n) is 7.97. The molecule has 174 valence electrons. The van der Waals surface area contributed by atoms with Crippen molar-refractivity contribution in [1.29, 1.82) is 0 Å². The van der Waals surface area contributed by atoms with Crippen molar-refractivity contribution in [1.82, 2.24) is 0 Å². The number of piperidine rings is 1. The van der Waals surface area contributed by atoms with Gasteiger partial charge in [0.1, 0.15) is 17.4 Å². The lowest BCUT2D eigenvalue weighted by atomic mass is 9.95. The smallest absolute Gasteiger partial charge is 0.309 e. The third-order valence-corrected chi connectivity index (χ3v) is 5.72. The summed E-state index contributed by atoms with van der Waals surface area (Å²) in [6, 6.07) is 8.23. The summed E-state index contributed by atoms with van der Waals surface area (Å²) in [6.45, 7) is 0.993. The van der Waals surface area contributed by atoms with Gasteiger partial charge in [0, 0.05) is 36.4 Å². The molecular formula is C23H23F2N3O5. The van der Waals surface area contributed by atoms with E-state index < -0.39 is 29.6 Å². The number of amides is 2. The third-order valence-electron chi connectivity index (χ3n) is 5.72. The third kappa shape index (κ3) is 5.21. The van der Waals surface area contributed by atoms with Gasteiger partial charge in [0.05, 0.1) is 19.2 Å². The largest absolute Gasteiger partial charge is 0.478 e. The molecule has 2 N–H and O–H groups in total. The zero-order chi connectivity index (χ0) is 23.5. The van der Waals surface area contributed by atoms with E-state index in [0.717, 1.165) is 6.07 Å². The first-order valence-corrected chi connectivity index (χ1v) is 10.5. The molecule has 2 aliphatic rings. The summed E-state index contributed by atoms with van der Waals surface area (Å²) in [6.07, 6.45) is -0.128. The van der Waals surface area contributed by atoms with E-state index in [1.54, 1.807) is 18.2 Å². The number of halogens is 2. The van der Waals surface area contributed by atoms with Gasteiger partial charge < -0.3 is 25.0 Å². The Bertz CT molecular complexity index is 1070. The van der Waals surface area contributed by atoms with Gasteiger partial charge in [-0.15, -0.1) is 0 Å². The number of carbonyl (C=O) groups is 3. The van der Waals surface area contributed by atoms with Crippen LogP contribution in [-0.2, 0) is 19.1 Å². The van der Waals surface area contributed by atoms with Crippen molar-refractivity contribution in [2.24, 2.45) is 5.92 Å². The van der Waals surface area contributed by atoms with Crippen LogP contribution in [-0.4, -0.2) is 44.1 Å². The Labute approximate surface area is 188 Å². The Hall–Kier alpha value is -3.69. The Morgan fingerprint density at radius 2 is 1.85 bits per heavy atom. The molecule has 1 fully saturated rings. The van der Waals surface area contributed by atoms with E-state index in [9.17, 15) is 23.2 Å². The highest BCUT2D eigenvalue weighted by molar-refractivity contribution is 6.01. The van der Waals surface area contributed by atoms with Crippen LogP contribution in [0.25, 0.3) is 0 Å². The summed E-state index contributed by atoms with van der Waals surface area (Å²) in [7, 11) is 1.23. The second kappa shape index (κ2) is 9.43. The van der Waals surface area contributed by atoms with Crippen LogP contribution in [0.1, 0.15) is 19.3 Å². The van der Waals surface area contributed by atoms with Crippen molar-refractivity contribution in [3.8, 4) is 5.75 Å². The first-order valence-electron chi connectivity index (χ1n) is 10.5. The number of hydrogen-bond acceptors (Lipinski definition) is 6. The molecule has 0 radical (unpaired) electrons. The number of methoxy groups -OCH3 is 1. The van der Waals surface area contributed by atoms with Crippen LogP contribution < -0.4 is 20.3 Å². The van der Waals surface area contributed by atoms with Gasteiger partial charge in [0.2, 0.25) is 5.91 Å². The van der Waals surface area contributed by atoms with Crippen molar-refractivity contribution in [2.45, 2.75) is 25.4 Å². The van der Waals surface area contributed by atoms with Gasteiger partial charge in [0.25, 0.3) is 5.91 Å². The average Bonchev–Trinajstić information content (AvgIpc) is 2.79. The van der Waals surface area contributed by atoms with Crippen molar-refractivity contribution in [3.05, 3.63) is 48.0 Å². The maximum atomic E-state index is 13.5. The Kier molecular flexibility index (Phi) is 6.43. The SMILES string of the molecule is COC(=O)CC1Oc2ccc(NC(=O)C3CCN(c4cc(F)cc(F)c4)CC3)cc2NC1=O. The summed E-state index contributed by atoms with van der Waals surface area (Å²) in [5, 5.41) is 5.52. The van der Waals surface area contributed by atoms with E-state index in [2.05, 4.69) is 15.4 Å². The molecule has 2 aromatic rings. The molecular weight excluding hydrogens is 436 g/mol. The highest BCUT2D eigenvalue weighted by Gasteiger charge is 2.31. The minimum atomic E-state index is -0.984. The first kappa shape index (κ1) is 22.5. The van der Waals surface area contributed by atoms with Gasteiger partial charge in [-0.2, -0.15) is 0 Å². The van der Waals surface area contributed by atoms with E-state index in [-0.39, 0.29) is 18.2 Å². The number of hydrogen-bond donors (Lipinski definition) is 2. The lowest BCUT2D eigenvalue weighted by Crippen LogP contribution is -2.39. The Morgan fingerprint density at radius 3 is 2.52 bits per heavy atom. The van der Waals surface area contributed by atoms with Crippen LogP contribution in [0.5, 0.6) is 5.75 Å². The van der Waals surface area contributed by atoms with E-state index in [1.165, 1.54) is 19.2 Å². The number of rotatable bonds is 5. The standard InChI is InChI=1S/C23H23F2N3O5/c1-32-21(29)12-20-23(31)27-18-11-16(2-3-19(18)33-20)26-22(30)13-4-6-28(7-5-13)17-9-14(24)8-15(25)10-17/h2-3,8-11,13,20H,4-7,12H2,1H3,(H,26,30)(H,27,31). The number of carbonyl (C=O) groups excluding carboxylic acids is 3. The van der Waals surface area contributed by atoms with Gasteiger partial charge in [-0.25, -0.2) is 8.78 Å². The molecule has 8 nitrogen and oxygen atoms in total. The number of nitrogens with zero attached hydrogens (tertiary/aromatic N) is 1. The molecule has 2 aromatic carbocycles. The number of esters is 1. The molecule has 4 rings (SSSR count). The first-order chi connectivity index (χ1) is 15.8. The fraction of sp³-hybridized carbons (Fsp3) is 0.348. The van der Waals surface area contributed by atoms with E-state index >= 15 is 0 Å².